The van der Waals surface area contributed by atoms with E-state index >= 15 is 0 Å². The average Bonchev–Trinajstić information content (AvgIpc) is 2.56. The summed E-state index contributed by atoms with van der Waals surface area (Å²) in [6, 6.07) is 14.5. The summed E-state index contributed by atoms with van der Waals surface area (Å²) in [5.74, 6) is -0.220. The summed E-state index contributed by atoms with van der Waals surface area (Å²) in [4.78, 5) is 0. The van der Waals surface area contributed by atoms with Gasteiger partial charge in [0.05, 0.1) is 6.10 Å². The molecule has 1 aliphatic carbocycles. The summed E-state index contributed by atoms with van der Waals surface area (Å²) in [5.41, 5.74) is 2.29. The van der Waals surface area contributed by atoms with E-state index in [9.17, 15) is 9.50 Å². The van der Waals surface area contributed by atoms with E-state index in [1.807, 2.05) is 36.4 Å². The molecule has 0 fully saturated rings. The van der Waals surface area contributed by atoms with E-state index < -0.39 is 6.10 Å². The van der Waals surface area contributed by atoms with Crippen molar-refractivity contribution in [1.82, 2.24) is 0 Å². The molecule has 1 N–H and O–H groups in total. The Bertz CT molecular complexity index is 777. The molecular formula is C21H20ClFO. The highest BCUT2D eigenvalue weighted by molar-refractivity contribution is 6.30. The Balaban J connectivity index is 1.95. The summed E-state index contributed by atoms with van der Waals surface area (Å²) in [6.07, 6.45) is 6.97. The van der Waals surface area contributed by atoms with Gasteiger partial charge in [-0.15, -0.1) is 0 Å². The highest BCUT2D eigenvalue weighted by atomic mass is 35.5. The Morgan fingerprint density at radius 1 is 1.17 bits per heavy atom. The van der Waals surface area contributed by atoms with Crippen molar-refractivity contribution in [3.63, 3.8) is 0 Å². The maximum absolute atomic E-state index is 14.0. The number of aliphatic hydroxyl groups is 1. The maximum atomic E-state index is 14.0. The lowest BCUT2D eigenvalue weighted by Crippen LogP contribution is -2.29. The second-order valence-electron chi connectivity index (χ2n) is 6.39. The molecular weight excluding hydrogens is 323 g/mol. The number of benzene rings is 2. The van der Waals surface area contributed by atoms with Crippen molar-refractivity contribution >= 4 is 17.2 Å². The van der Waals surface area contributed by atoms with Crippen LogP contribution in [0.1, 0.15) is 30.9 Å². The van der Waals surface area contributed by atoms with Crippen molar-refractivity contribution < 1.29 is 9.50 Å². The Morgan fingerprint density at radius 2 is 1.88 bits per heavy atom. The predicted molar refractivity (Wildman–Crippen MR) is 97.6 cm³/mol. The largest absolute Gasteiger partial charge is 0.393 e. The molecule has 0 saturated carbocycles. The molecule has 3 heteroatoms. The SMILES string of the molecule is CC(O)CC1(c2ccc(Cl)cc2)C=CC(c2ccccc2F)=CC1. The van der Waals surface area contributed by atoms with Crippen LogP contribution in [0.2, 0.25) is 5.02 Å². The third-order valence-electron chi connectivity index (χ3n) is 4.53. The molecule has 0 radical (unpaired) electrons. The third-order valence-corrected chi connectivity index (χ3v) is 4.78. The summed E-state index contributed by atoms with van der Waals surface area (Å²) in [6.45, 7) is 1.79. The molecule has 124 valence electrons. The molecule has 2 unspecified atom stereocenters. The van der Waals surface area contributed by atoms with Gasteiger partial charge < -0.3 is 5.11 Å². The number of hydrogen-bond acceptors (Lipinski definition) is 1. The maximum Gasteiger partial charge on any atom is 0.131 e. The minimum Gasteiger partial charge on any atom is -0.393 e. The van der Waals surface area contributed by atoms with Crippen LogP contribution in [0.5, 0.6) is 0 Å². The standard InChI is InChI=1S/C21H20ClFO/c1-15(24)14-21(17-6-8-18(22)9-7-17)12-10-16(11-13-21)19-4-2-3-5-20(19)23/h2-12,15,24H,13-14H2,1H3. The highest BCUT2D eigenvalue weighted by Gasteiger charge is 2.32. The smallest absolute Gasteiger partial charge is 0.131 e. The van der Waals surface area contributed by atoms with Gasteiger partial charge in [0, 0.05) is 16.0 Å². The fraction of sp³-hybridized carbons (Fsp3) is 0.238. The van der Waals surface area contributed by atoms with Gasteiger partial charge in [-0.3, -0.25) is 0 Å². The lowest BCUT2D eigenvalue weighted by atomic mass is 9.70. The van der Waals surface area contributed by atoms with Gasteiger partial charge in [0.1, 0.15) is 5.82 Å². The van der Waals surface area contributed by atoms with Crippen LogP contribution in [0.4, 0.5) is 4.39 Å². The van der Waals surface area contributed by atoms with Gasteiger partial charge in [-0.1, -0.05) is 60.2 Å². The van der Waals surface area contributed by atoms with Crippen molar-refractivity contribution in [1.29, 1.82) is 0 Å². The molecule has 0 bridgehead atoms. The van der Waals surface area contributed by atoms with Crippen LogP contribution in [0.3, 0.4) is 0 Å². The van der Waals surface area contributed by atoms with Crippen LogP contribution in [-0.2, 0) is 5.41 Å². The van der Waals surface area contributed by atoms with E-state index in [2.05, 4.69) is 12.2 Å². The van der Waals surface area contributed by atoms with Gasteiger partial charge >= 0.3 is 0 Å². The Hall–Kier alpha value is -1.90. The molecule has 0 aromatic heterocycles. The molecule has 0 spiro atoms. The lowest BCUT2D eigenvalue weighted by molar-refractivity contribution is 0.159. The number of aliphatic hydroxyl groups excluding tert-OH is 1. The first-order valence-corrected chi connectivity index (χ1v) is 8.46. The molecule has 0 saturated heterocycles. The van der Waals surface area contributed by atoms with E-state index in [1.165, 1.54) is 6.07 Å². The zero-order chi connectivity index (χ0) is 17.2. The van der Waals surface area contributed by atoms with E-state index in [0.717, 1.165) is 11.1 Å². The van der Waals surface area contributed by atoms with Gasteiger partial charge in [0.25, 0.3) is 0 Å². The van der Waals surface area contributed by atoms with Crippen LogP contribution >= 0.6 is 11.6 Å². The van der Waals surface area contributed by atoms with Crippen LogP contribution in [-0.4, -0.2) is 11.2 Å². The number of allylic oxidation sites excluding steroid dienone is 4. The summed E-state index contributed by atoms with van der Waals surface area (Å²) in [7, 11) is 0. The fourth-order valence-corrected chi connectivity index (χ4v) is 3.49. The number of hydrogen-bond donors (Lipinski definition) is 1. The zero-order valence-corrected chi connectivity index (χ0v) is 14.3. The summed E-state index contributed by atoms with van der Waals surface area (Å²) in [5, 5.41) is 10.7. The minimum atomic E-state index is -0.436. The first-order valence-electron chi connectivity index (χ1n) is 8.09. The normalized spacial score (nSPS) is 21.4. The van der Waals surface area contributed by atoms with Crippen molar-refractivity contribution in [3.05, 3.63) is 88.7 Å². The third kappa shape index (κ3) is 3.45. The first-order chi connectivity index (χ1) is 11.5. The van der Waals surface area contributed by atoms with Gasteiger partial charge in [-0.25, -0.2) is 4.39 Å². The van der Waals surface area contributed by atoms with Crippen LogP contribution in [0.25, 0.3) is 5.57 Å². The van der Waals surface area contributed by atoms with Crippen molar-refractivity contribution in [2.75, 3.05) is 0 Å². The molecule has 0 amide bonds. The van der Waals surface area contributed by atoms with E-state index in [-0.39, 0.29) is 11.2 Å². The zero-order valence-electron chi connectivity index (χ0n) is 13.5. The van der Waals surface area contributed by atoms with Crippen LogP contribution in [0, 0.1) is 5.82 Å². The molecule has 1 aliphatic rings. The monoisotopic (exact) mass is 342 g/mol. The topological polar surface area (TPSA) is 20.2 Å². The molecule has 2 aromatic rings. The molecule has 3 rings (SSSR count). The minimum absolute atomic E-state index is 0.220. The molecule has 1 nitrogen and oxygen atoms in total. The predicted octanol–water partition coefficient (Wildman–Crippen LogP) is 5.53. The molecule has 2 aromatic carbocycles. The first kappa shape index (κ1) is 16.9. The van der Waals surface area contributed by atoms with E-state index in [1.54, 1.807) is 19.1 Å². The molecule has 2 atom stereocenters. The number of halogens is 2. The molecule has 0 heterocycles. The lowest BCUT2D eigenvalue weighted by Gasteiger charge is -2.34. The van der Waals surface area contributed by atoms with Crippen LogP contribution in [0.15, 0.2) is 66.8 Å². The van der Waals surface area contributed by atoms with E-state index in [0.29, 0.717) is 23.4 Å². The van der Waals surface area contributed by atoms with Gasteiger partial charge in [-0.2, -0.15) is 0 Å². The molecule has 24 heavy (non-hydrogen) atoms. The fourth-order valence-electron chi connectivity index (χ4n) is 3.36. The Labute approximate surface area is 147 Å². The molecule has 0 aliphatic heterocycles. The van der Waals surface area contributed by atoms with Crippen molar-refractivity contribution in [3.8, 4) is 0 Å². The second-order valence-corrected chi connectivity index (χ2v) is 6.83. The van der Waals surface area contributed by atoms with Gasteiger partial charge in [0.2, 0.25) is 0 Å². The van der Waals surface area contributed by atoms with Crippen molar-refractivity contribution in [2.45, 2.75) is 31.3 Å². The van der Waals surface area contributed by atoms with Gasteiger partial charge in [-0.05, 0) is 49.1 Å². The summed E-state index contributed by atoms with van der Waals surface area (Å²) < 4.78 is 14.0. The van der Waals surface area contributed by atoms with Crippen molar-refractivity contribution in [2.24, 2.45) is 0 Å². The van der Waals surface area contributed by atoms with Gasteiger partial charge in [0.15, 0.2) is 0 Å². The Morgan fingerprint density at radius 3 is 2.46 bits per heavy atom. The highest BCUT2D eigenvalue weighted by Crippen LogP contribution is 2.40. The second kappa shape index (κ2) is 6.92. The van der Waals surface area contributed by atoms with Crippen LogP contribution < -0.4 is 0 Å². The average molecular weight is 343 g/mol. The van der Waals surface area contributed by atoms with E-state index in [4.69, 9.17) is 11.6 Å². The quantitative estimate of drug-likeness (QED) is 0.774. The number of rotatable bonds is 4. The summed E-state index contributed by atoms with van der Waals surface area (Å²) >= 11 is 6.00. The Kier molecular flexibility index (Phi) is 4.88.